The van der Waals surface area contributed by atoms with Crippen LogP contribution in [-0.2, 0) is 4.74 Å². The maximum atomic E-state index is 10.0. The summed E-state index contributed by atoms with van der Waals surface area (Å²) in [6.07, 6.45) is 2.78. The number of ether oxygens (including phenoxy) is 1. The predicted molar refractivity (Wildman–Crippen MR) is 57.7 cm³/mol. The number of aliphatic hydroxyl groups is 1. The molecule has 0 saturated heterocycles. The van der Waals surface area contributed by atoms with Gasteiger partial charge in [-0.3, -0.25) is 10.1 Å². The van der Waals surface area contributed by atoms with Gasteiger partial charge in [0.05, 0.1) is 17.2 Å². The van der Waals surface area contributed by atoms with E-state index in [0.717, 1.165) is 25.0 Å². The Hall–Kier alpha value is -1.82. The molecule has 6 heteroatoms. The third kappa shape index (κ3) is 10.1. The average Bonchev–Trinajstić information content (AvgIpc) is 2.25. The first-order chi connectivity index (χ1) is 7.03. The zero-order chi connectivity index (χ0) is 12.3. The molecule has 3 N–H and O–H groups in total. The number of nitrogens with two attached hydrogens (primary N) is 1. The maximum absolute atomic E-state index is 10.0. The van der Waals surface area contributed by atoms with Crippen LogP contribution < -0.4 is 5.73 Å². The lowest BCUT2D eigenvalue weighted by atomic mass is 10.4. The molecule has 0 rings (SSSR count). The Morgan fingerprint density at radius 1 is 1.73 bits per heavy atom. The van der Waals surface area contributed by atoms with Crippen LogP contribution in [0.25, 0.3) is 0 Å². The lowest BCUT2D eigenvalue weighted by Gasteiger charge is -1.89. The topological polar surface area (TPSA) is 98.6 Å². The van der Waals surface area contributed by atoms with Crippen molar-refractivity contribution in [3.05, 3.63) is 46.5 Å². The van der Waals surface area contributed by atoms with E-state index in [1.165, 1.54) is 0 Å². The molecule has 0 saturated carbocycles. The highest BCUT2D eigenvalue weighted by atomic mass is 16.6. The van der Waals surface area contributed by atoms with E-state index in [1.54, 1.807) is 7.11 Å². The first-order valence-electron chi connectivity index (χ1n) is 4.11. The summed E-state index contributed by atoms with van der Waals surface area (Å²) in [7, 11) is 1.68. The minimum atomic E-state index is -0.709. The van der Waals surface area contributed by atoms with Gasteiger partial charge < -0.3 is 15.6 Å². The van der Waals surface area contributed by atoms with Gasteiger partial charge in [0.1, 0.15) is 5.76 Å². The predicted octanol–water partition coefficient (Wildman–Crippen LogP) is 1.34. The van der Waals surface area contributed by atoms with E-state index in [-0.39, 0.29) is 11.5 Å². The summed E-state index contributed by atoms with van der Waals surface area (Å²) in [4.78, 5) is 9.34. The van der Waals surface area contributed by atoms with E-state index in [1.807, 2.05) is 6.92 Å². The third-order valence-electron chi connectivity index (χ3n) is 1.18. The highest BCUT2D eigenvalue weighted by molar-refractivity contribution is 5.18. The molecule has 0 amide bonds. The minimum Gasteiger partial charge on any atom is -0.508 e. The van der Waals surface area contributed by atoms with E-state index in [9.17, 15) is 10.1 Å². The zero-order valence-electron chi connectivity index (χ0n) is 8.84. The van der Waals surface area contributed by atoms with Crippen molar-refractivity contribution < 1.29 is 14.8 Å². The molecular formula is C9H16N2O4. The quantitative estimate of drug-likeness (QED) is 0.320. The van der Waals surface area contributed by atoms with Crippen LogP contribution in [0, 0.1) is 10.1 Å². The smallest absolute Gasteiger partial charge is 0.288 e. The molecule has 0 heterocycles. The normalized spacial score (nSPS) is 11.3. The Kier molecular flexibility index (Phi) is 10.7. The van der Waals surface area contributed by atoms with Crippen molar-refractivity contribution in [2.75, 3.05) is 13.7 Å². The lowest BCUT2D eigenvalue weighted by molar-refractivity contribution is -0.419. The summed E-state index contributed by atoms with van der Waals surface area (Å²) < 4.78 is 4.54. The summed E-state index contributed by atoms with van der Waals surface area (Å²) in [5.41, 5.74) is 4.51. The molecule has 15 heavy (non-hydrogen) atoms. The van der Waals surface area contributed by atoms with Gasteiger partial charge in [-0.05, 0) is 13.0 Å². The molecule has 0 aliphatic rings. The van der Waals surface area contributed by atoms with Crippen LogP contribution in [0.5, 0.6) is 0 Å². The van der Waals surface area contributed by atoms with Crippen molar-refractivity contribution in [2.45, 2.75) is 6.92 Å². The van der Waals surface area contributed by atoms with E-state index in [4.69, 9.17) is 10.8 Å². The molecule has 0 atom stereocenters. The SMILES string of the molecule is C=C/C(O)=C\C(=C\N)[N+](=O)[O-].CCOC. The van der Waals surface area contributed by atoms with Crippen molar-refractivity contribution in [1.82, 2.24) is 0 Å². The number of aliphatic hydroxyl groups excluding tert-OH is 1. The summed E-state index contributed by atoms with van der Waals surface area (Å²) in [5.74, 6) is -0.293. The molecule has 0 aromatic rings. The molecule has 6 nitrogen and oxygen atoms in total. The van der Waals surface area contributed by atoms with E-state index in [0.29, 0.717) is 0 Å². The van der Waals surface area contributed by atoms with Crippen LogP contribution in [0.2, 0.25) is 0 Å². The zero-order valence-corrected chi connectivity index (χ0v) is 8.84. The van der Waals surface area contributed by atoms with Gasteiger partial charge in [-0.25, -0.2) is 0 Å². The first kappa shape index (κ1) is 15.6. The molecule has 0 fully saturated rings. The van der Waals surface area contributed by atoms with Crippen molar-refractivity contribution in [3.8, 4) is 0 Å². The minimum absolute atomic E-state index is 0.293. The average molecular weight is 216 g/mol. The number of rotatable bonds is 4. The Bertz CT molecular complexity index is 257. The summed E-state index contributed by atoms with van der Waals surface area (Å²) in [6, 6.07) is 0. The van der Waals surface area contributed by atoms with Gasteiger partial charge in [0, 0.05) is 13.7 Å². The van der Waals surface area contributed by atoms with Gasteiger partial charge in [0.2, 0.25) is 0 Å². The second-order valence-corrected chi connectivity index (χ2v) is 2.20. The molecule has 0 aromatic carbocycles. The number of nitrogens with zero attached hydrogens (tertiary/aromatic N) is 1. The molecule has 0 unspecified atom stereocenters. The van der Waals surface area contributed by atoms with Gasteiger partial charge in [-0.1, -0.05) is 6.58 Å². The van der Waals surface area contributed by atoms with Crippen LogP contribution in [0.15, 0.2) is 36.4 Å². The fraction of sp³-hybridized carbons (Fsp3) is 0.333. The molecule has 0 aliphatic heterocycles. The van der Waals surface area contributed by atoms with Crippen LogP contribution in [0.1, 0.15) is 6.92 Å². The standard InChI is InChI=1S/C6H8N2O3.C3H8O/c1-2-6(9)3-5(4-7)8(10)11;1-3-4-2/h2-4,9H,1,7H2;3H2,1-2H3/b5-4-,6-3+;. The van der Waals surface area contributed by atoms with Gasteiger partial charge >= 0.3 is 0 Å². The second-order valence-electron chi connectivity index (χ2n) is 2.20. The maximum Gasteiger partial charge on any atom is 0.288 e. The van der Waals surface area contributed by atoms with Crippen LogP contribution >= 0.6 is 0 Å². The van der Waals surface area contributed by atoms with Crippen molar-refractivity contribution >= 4 is 0 Å². The van der Waals surface area contributed by atoms with Gasteiger partial charge in [-0.15, -0.1) is 0 Å². The molecule has 0 spiro atoms. The molecule has 0 radical (unpaired) electrons. The van der Waals surface area contributed by atoms with E-state index < -0.39 is 4.92 Å². The monoisotopic (exact) mass is 216 g/mol. The highest BCUT2D eigenvalue weighted by Crippen LogP contribution is 1.99. The lowest BCUT2D eigenvalue weighted by Crippen LogP contribution is -1.99. The number of nitro groups is 1. The molecule has 0 aromatic heterocycles. The Balaban J connectivity index is 0. The molecule has 0 aliphatic carbocycles. The van der Waals surface area contributed by atoms with Crippen molar-refractivity contribution in [1.29, 1.82) is 0 Å². The largest absolute Gasteiger partial charge is 0.508 e. The number of methoxy groups -OCH3 is 1. The fourth-order valence-corrected chi connectivity index (χ4v) is 0.372. The van der Waals surface area contributed by atoms with Crippen LogP contribution in [0.3, 0.4) is 0 Å². The highest BCUT2D eigenvalue weighted by Gasteiger charge is 2.05. The van der Waals surface area contributed by atoms with E-state index >= 15 is 0 Å². The molecule has 86 valence electrons. The Morgan fingerprint density at radius 3 is 2.40 bits per heavy atom. The number of allylic oxidation sites excluding steroid dienone is 2. The van der Waals surface area contributed by atoms with Crippen LogP contribution in [0.4, 0.5) is 0 Å². The van der Waals surface area contributed by atoms with Crippen LogP contribution in [-0.4, -0.2) is 23.7 Å². The Labute approximate surface area is 88.5 Å². The van der Waals surface area contributed by atoms with Crippen molar-refractivity contribution in [3.63, 3.8) is 0 Å². The Morgan fingerprint density at radius 2 is 2.20 bits per heavy atom. The number of hydrogen-bond acceptors (Lipinski definition) is 5. The van der Waals surface area contributed by atoms with E-state index in [2.05, 4.69) is 11.3 Å². The third-order valence-corrected chi connectivity index (χ3v) is 1.18. The van der Waals surface area contributed by atoms with Gasteiger partial charge in [-0.2, -0.15) is 0 Å². The number of hydrogen-bond donors (Lipinski definition) is 2. The first-order valence-corrected chi connectivity index (χ1v) is 4.11. The summed E-state index contributed by atoms with van der Waals surface area (Å²) >= 11 is 0. The van der Waals surface area contributed by atoms with Gasteiger partial charge in [0.25, 0.3) is 5.70 Å². The molecule has 0 bridgehead atoms. The summed E-state index contributed by atoms with van der Waals surface area (Å²) in [5, 5.41) is 18.8. The summed E-state index contributed by atoms with van der Waals surface area (Å²) in [6.45, 7) is 5.98. The fourth-order valence-electron chi connectivity index (χ4n) is 0.372. The van der Waals surface area contributed by atoms with Gasteiger partial charge in [0.15, 0.2) is 0 Å². The molecular weight excluding hydrogens is 200 g/mol. The second kappa shape index (κ2) is 10.3. The van der Waals surface area contributed by atoms with Crippen molar-refractivity contribution in [2.24, 2.45) is 5.73 Å².